The second-order valence-corrected chi connectivity index (χ2v) is 6.11. The van der Waals surface area contributed by atoms with Crippen molar-refractivity contribution < 1.29 is 4.79 Å². The van der Waals surface area contributed by atoms with E-state index in [4.69, 9.17) is 5.73 Å². The van der Waals surface area contributed by atoms with Crippen LogP contribution in [-0.4, -0.2) is 36.5 Å². The number of benzene rings is 1. The molecule has 1 aliphatic rings. The summed E-state index contributed by atoms with van der Waals surface area (Å²) in [6.07, 6.45) is 5.92. The van der Waals surface area contributed by atoms with Crippen molar-refractivity contribution in [2.75, 3.05) is 20.1 Å². The van der Waals surface area contributed by atoms with Gasteiger partial charge in [-0.1, -0.05) is 49.6 Å². The molecular formula is C17H27N3O. The van der Waals surface area contributed by atoms with E-state index in [9.17, 15) is 4.79 Å². The quantitative estimate of drug-likeness (QED) is 0.841. The minimum absolute atomic E-state index is 0.0162. The Morgan fingerprint density at radius 2 is 1.90 bits per heavy atom. The minimum atomic E-state index is 0.0162. The summed E-state index contributed by atoms with van der Waals surface area (Å²) in [5.41, 5.74) is 7.15. The van der Waals surface area contributed by atoms with E-state index >= 15 is 0 Å². The second kappa shape index (κ2) is 7.57. The fourth-order valence-electron chi connectivity index (χ4n) is 3.19. The van der Waals surface area contributed by atoms with Crippen LogP contribution in [0.5, 0.6) is 0 Å². The van der Waals surface area contributed by atoms with Crippen molar-refractivity contribution in [2.45, 2.75) is 44.2 Å². The van der Waals surface area contributed by atoms with Crippen LogP contribution in [0.4, 0.5) is 0 Å². The van der Waals surface area contributed by atoms with Gasteiger partial charge in [0.15, 0.2) is 0 Å². The van der Waals surface area contributed by atoms with Gasteiger partial charge in [-0.15, -0.1) is 0 Å². The molecule has 1 amide bonds. The van der Waals surface area contributed by atoms with Crippen LogP contribution < -0.4 is 11.1 Å². The second-order valence-electron chi connectivity index (χ2n) is 6.11. The number of carbonyl (C=O) groups is 1. The highest BCUT2D eigenvalue weighted by molar-refractivity contribution is 5.78. The van der Waals surface area contributed by atoms with Gasteiger partial charge in [0.05, 0.1) is 6.54 Å². The lowest BCUT2D eigenvalue weighted by atomic mass is 9.80. The number of amides is 1. The maximum absolute atomic E-state index is 12.1. The first-order chi connectivity index (χ1) is 10.2. The molecule has 0 spiro atoms. The molecule has 0 atom stereocenters. The summed E-state index contributed by atoms with van der Waals surface area (Å²) in [6.45, 7) is 1.64. The summed E-state index contributed by atoms with van der Waals surface area (Å²) in [7, 11) is 2.03. The van der Waals surface area contributed by atoms with E-state index in [0.717, 1.165) is 18.4 Å². The molecule has 1 aromatic rings. The van der Waals surface area contributed by atoms with Gasteiger partial charge in [-0.2, -0.15) is 0 Å². The van der Waals surface area contributed by atoms with Crippen molar-refractivity contribution in [1.82, 2.24) is 10.2 Å². The van der Waals surface area contributed by atoms with Crippen LogP contribution in [0.15, 0.2) is 30.3 Å². The number of nitrogens with one attached hydrogen (secondary N) is 1. The normalized spacial score (nSPS) is 17.7. The molecule has 0 bridgehead atoms. The molecule has 21 heavy (non-hydrogen) atoms. The third kappa shape index (κ3) is 4.29. The minimum Gasteiger partial charge on any atom is -0.351 e. The van der Waals surface area contributed by atoms with Gasteiger partial charge in [0, 0.05) is 18.6 Å². The van der Waals surface area contributed by atoms with Crippen LogP contribution in [0.1, 0.15) is 37.7 Å². The summed E-state index contributed by atoms with van der Waals surface area (Å²) < 4.78 is 0. The first-order valence-electron chi connectivity index (χ1n) is 7.88. The van der Waals surface area contributed by atoms with Crippen LogP contribution in [0, 0.1) is 0 Å². The van der Waals surface area contributed by atoms with Crippen molar-refractivity contribution in [3.05, 3.63) is 35.9 Å². The van der Waals surface area contributed by atoms with Gasteiger partial charge in [-0.05, 0) is 25.5 Å². The highest BCUT2D eigenvalue weighted by Gasteiger charge is 2.35. The molecule has 0 aromatic heterocycles. The Morgan fingerprint density at radius 3 is 2.52 bits per heavy atom. The third-order valence-corrected chi connectivity index (χ3v) is 4.69. The Bertz CT molecular complexity index is 441. The van der Waals surface area contributed by atoms with Crippen LogP contribution >= 0.6 is 0 Å². The molecule has 0 aliphatic heterocycles. The number of rotatable bonds is 6. The average molecular weight is 289 g/mol. The molecule has 1 aromatic carbocycles. The largest absolute Gasteiger partial charge is 0.351 e. The van der Waals surface area contributed by atoms with Gasteiger partial charge in [0.25, 0.3) is 0 Å². The Morgan fingerprint density at radius 1 is 1.24 bits per heavy atom. The van der Waals surface area contributed by atoms with E-state index in [2.05, 4.69) is 10.2 Å². The topological polar surface area (TPSA) is 58.4 Å². The zero-order chi connectivity index (χ0) is 15.1. The zero-order valence-corrected chi connectivity index (χ0v) is 13.0. The maximum Gasteiger partial charge on any atom is 0.234 e. The van der Waals surface area contributed by atoms with Crippen molar-refractivity contribution >= 4 is 5.91 Å². The molecule has 3 N–H and O–H groups in total. The van der Waals surface area contributed by atoms with E-state index in [0.29, 0.717) is 19.6 Å². The van der Waals surface area contributed by atoms with Gasteiger partial charge in [0.1, 0.15) is 0 Å². The molecule has 0 saturated heterocycles. The molecule has 1 fully saturated rings. The third-order valence-electron chi connectivity index (χ3n) is 4.69. The van der Waals surface area contributed by atoms with Crippen molar-refractivity contribution in [1.29, 1.82) is 0 Å². The van der Waals surface area contributed by atoms with E-state index in [1.165, 1.54) is 19.3 Å². The number of hydrogen-bond acceptors (Lipinski definition) is 3. The number of nitrogens with two attached hydrogens (primary N) is 1. The first-order valence-corrected chi connectivity index (χ1v) is 7.88. The Kier molecular flexibility index (Phi) is 5.76. The summed E-state index contributed by atoms with van der Waals surface area (Å²) >= 11 is 0. The van der Waals surface area contributed by atoms with Crippen molar-refractivity contribution in [3.8, 4) is 0 Å². The summed E-state index contributed by atoms with van der Waals surface area (Å²) in [5.74, 6) is 0.0692. The van der Waals surface area contributed by atoms with Gasteiger partial charge < -0.3 is 11.1 Å². The predicted molar refractivity (Wildman–Crippen MR) is 85.8 cm³/mol. The summed E-state index contributed by atoms with van der Waals surface area (Å²) in [6, 6.07) is 9.99. The molecule has 0 heterocycles. The smallest absolute Gasteiger partial charge is 0.234 e. The highest BCUT2D eigenvalue weighted by Crippen LogP contribution is 2.31. The molecular weight excluding hydrogens is 262 g/mol. The monoisotopic (exact) mass is 289 g/mol. The number of hydrogen-bond donors (Lipinski definition) is 2. The van der Waals surface area contributed by atoms with Crippen LogP contribution in [0.2, 0.25) is 0 Å². The molecule has 4 nitrogen and oxygen atoms in total. The van der Waals surface area contributed by atoms with Gasteiger partial charge in [-0.3, -0.25) is 9.69 Å². The molecule has 116 valence electrons. The Labute approximate surface area is 127 Å². The first kappa shape index (κ1) is 16.0. The predicted octanol–water partition coefficient (Wildman–Crippen LogP) is 1.90. The fraction of sp³-hybridized carbons (Fsp3) is 0.588. The number of likely N-dealkylation sites (N-methyl/N-ethyl adjacent to an activating group) is 1. The fourth-order valence-corrected chi connectivity index (χ4v) is 3.19. The van der Waals surface area contributed by atoms with Crippen LogP contribution in [-0.2, 0) is 11.3 Å². The van der Waals surface area contributed by atoms with Gasteiger partial charge >= 0.3 is 0 Å². The lowest BCUT2D eigenvalue weighted by Crippen LogP contribution is -2.55. The van der Waals surface area contributed by atoms with Crippen LogP contribution in [0.25, 0.3) is 0 Å². The molecule has 2 rings (SSSR count). The van der Waals surface area contributed by atoms with Crippen LogP contribution in [0.3, 0.4) is 0 Å². The van der Waals surface area contributed by atoms with Crippen molar-refractivity contribution in [2.24, 2.45) is 5.73 Å². The van der Waals surface area contributed by atoms with E-state index in [1.807, 2.05) is 37.4 Å². The Balaban J connectivity index is 1.83. The summed E-state index contributed by atoms with van der Waals surface area (Å²) in [4.78, 5) is 14.3. The Hall–Kier alpha value is -1.39. The highest BCUT2D eigenvalue weighted by atomic mass is 16.2. The molecule has 1 aliphatic carbocycles. The molecule has 0 unspecified atom stereocenters. The maximum atomic E-state index is 12.1. The summed E-state index contributed by atoms with van der Waals surface area (Å²) in [5, 5.41) is 2.99. The standard InChI is InChI=1S/C17H27N3O/c1-20(17(14-18)10-6-3-7-11-17)13-16(21)19-12-15-8-4-2-5-9-15/h2,4-5,8-9H,3,6-7,10-14,18H2,1H3,(H,19,21). The number of carbonyl (C=O) groups excluding carboxylic acids is 1. The zero-order valence-electron chi connectivity index (χ0n) is 13.0. The van der Waals surface area contributed by atoms with Crippen molar-refractivity contribution in [3.63, 3.8) is 0 Å². The van der Waals surface area contributed by atoms with Gasteiger partial charge in [-0.25, -0.2) is 0 Å². The van der Waals surface area contributed by atoms with Gasteiger partial charge in [0.2, 0.25) is 5.91 Å². The molecule has 1 saturated carbocycles. The number of nitrogens with zero attached hydrogens (tertiary/aromatic N) is 1. The average Bonchev–Trinajstić information content (AvgIpc) is 2.54. The SMILES string of the molecule is CN(CC(=O)NCc1ccccc1)C1(CN)CCCCC1. The van der Waals surface area contributed by atoms with E-state index in [1.54, 1.807) is 0 Å². The molecule has 0 radical (unpaired) electrons. The molecule has 4 heteroatoms. The van der Waals surface area contributed by atoms with E-state index in [-0.39, 0.29) is 11.4 Å². The van der Waals surface area contributed by atoms with E-state index < -0.39 is 0 Å². The lowest BCUT2D eigenvalue weighted by molar-refractivity contribution is -0.123. The lowest BCUT2D eigenvalue weighted by Gasteiger charge is -2.43.